The van der Waals surface area contributed by atoms with Gasteiger partial charge in [-0.05, 0) is 73.7 Å². The lowest BCUT2D eigenvalue weighted by molar-refractivity contribution is -0.139. The summed E-state index contributed by atoms with van der Waals surface area (Å²) in [5.74, 6) is 0.143. The molecule has 0 saturated carbocycles. The molecule has 0 aliphatic heterocycles. The lowest BCUT2D eigenvalue weighted by Gasteiger charge is -2.32. The molecular weight excluding hydrogens is 550 g/mol. The molecule has 9 heteroatoms. The average Bonchev–Trinajstić information content (AvgIpc) is 2.98. The molecule has 226 valence electrons. The maximum absolute atomic E-state index is 14.1. The predicted molar refractivity (Wildman–Crippen MR) is 167 cm³/mol. The monoisotopic (exact) mass is 593 g/mol. The van der Waals surface area contributed by atoms with E-state index in [-0.39, 0.29) is 23.3 Å². The van der Waals surface area contributed by atoms with Crippen molar-refractivity contribution in [3.8, 4) is 5.75 Å². The highest BCUT2D eigenvalue weighted by Gasteiger charge is 2.32. The van der Waals surface area contributed by atoms with Crippen LogP contribution in [0.2, 0.25) is 0 Å². The number of aryl methyl sites for hydroxylation is 1. The number of nitrogens with one attached hydrogen (secondary N) is 1. The predicted octanol–water partition coefficient (Wildman–Crippen LogP) is 5.66. The first kappa shape index (κ1) is 32.7. The number of methoxy groups -OCH3 is 1. The Bertz CT molecular complexity index is 1420. The molecule has 0 saturated heterocycles. The molecule has 8 nitrogen and oxygen atoms in total. The van der Waals surface area contributed by atoms with Gasteiger partial charge in [-0.1, -0.05) is 69.2 Å². The molecule has 0 heterocycles. The molecule has 0 aliphatic rings. The molecule has 2 amide bonds. The highest BCUT2D eigenvalue weighted by molar-refractivity contribution is 7.92. The van der Waals surface area contributed by atoms with E-state index < -0.39 is 28.5 Å². The summed E-state index contributed by atoms with van der Waals surface area (Å²) in [4.78, 5) is 28.7. The minimum atomic E-state index is -4.11. The van der Waals surface area contributed by atoms with Gasteiger partial charge in [0.2, 0.25) is 11.8 Å². The van der Waals surface area contributed by atoms with Crippen LogP contribution in [0.15, 0.2) is 77.7 Å². The van der Waals surface area contributed by atoms with Gasteiger partial charge in [0.05, 0.1) is 17.7 Å². The minimum absolute atomic E-state index is 0.0842. The summed E-state index contributed by atoms with van der Waals surface area (Å²) >= 11 is 0. The topological polar surface area (TPSA) is 96.0 Å². The minimum Gasteiger partial charge on any atom is -0.497 e. The van der Waals surface area contributed by atoms with Gasteiger partial charge in [0.1, 0.15) is 18.3 Å². The van der Waals surface area contributed by atoms with Gasteiger partial charge in [0.25, 0.3) is 10.0 Å². The number of rotatable bonds is 14. The first-order chi connectivity index (χ1) is 20.0. The van der Waals surface area contributed by atoms with Crippen LogP contribution in [0.5, 0.6) is 5.75 Å². The van der Waals surface area contributed by atoms with E-state index in [0.717, 1.165) is 33.8 Å². The molecule has 1 atom stereocenters. The second-order valence-corrected chi connectivity index (χ2v) is 12.6. The van der Waals surface area contributed by atoms with Crippen molar-refractivity contribution < 1.29 is 22.7 Å². The van der Waals surface area contributed by atoms with Gasteiger partial charge in [0, 0.05) is 13.1 Å². The smallest absolute Gasteiger partial charge is 0.264 e. The van der Waals surface area contributed by atoms with Gasteiger partial charge in [-0.3, -0.25) is 13.9 Å². The summed E-state index contributed by atoms with van der Waals surface area (Å²) in [5.41, 5.74) is 3.13. The molecular formula is C33H43N3O5S. The van der Waals surface area contributed by atoms with Crippen LogP contribution < -0.4 is 14.4 Å². The fraction of sp³-hybridized carbons (Fsp3) is 0.394. The summed E-state index contributed by atoms with van der Waals surface area (Å²) in [6.45, 7) is 9.85. The van der Waals surface area contributed by atoms with E-state index in [9.17, 15) is 18.0 Å². The van der Waals surface area contributed by atoms with Crippen molar-refractivity contribution in [2.75, 3.05) is 24.5 Å². The number of ether oxygens (including phenoxy) is 1. The maximum Gasteiger partial charge on any atom is 0.264 e. The van der Waals surface area contributed by atoms with Crippen LogP contribution in [0.1, 0.15) is 63.1 Å². The Morgan fingerprint density at radius 3 is 2.07 bits per heavy atom. The number of unbranched alkanes of at least 4 members (excludes halogenated alkanes) is 1. The molecule has 3 aromatic rings. The van der Waals surface area contributed by atoms with Crippen molar-refractivity contribution in [3.05, 3.63) is 89.5 Å². The first-order valence-electron chi connectivity index (χ1n) is 14.4. The SMILES string of the molecule is CCCCNC(=O)[C@@H](C)N(Cc1ccc(OC)cc1)C(=O)CN(c1ccc(C(C)C)cc1)S(=O)(=O)c1ccc(C)cc1. The van der Waals surface area contributed by atoms with E-state index in [1.165, 1.54) is 4.90 Å². The number of amides is 2. The second kappa shape index (κ2) is 14.9. The second-order valence-electron chi connectivity index (χ2n) is 10.8. The van der Waals surface area contributed by atoms with Crippen LogP contribution >= 0.6 is 0 Å². The molecule has 3 rings (SSSR count). The third-order valence-electron chi connectivity index (χ3n) is 7.24. The number of nitrogens with zero attached hydrogens (tertiary/aromatic N) is 2. The fourth-order valence-corrected chi connectivity index (χ4v) is 5.85. The third kappa shape index (κ3) is 8.35. The standard InChI is InChI=1S/C33H43N3O5S/c1-7-8-21-34-33(38)26(5)35(22-27-11-17-30(41-6)18-12-27)32(37)23-36(29-15-13-28(14-16-29)24(2)3)42(39,40)31-19-9-25(4)10-20-31/h9-20,24,26H,7-8,21-23H2,1-6H3,(H,34,38)/t26-/m1/s1. The van der Waals surface area contributed by atoms with Crippen molar-refractivity contribution in [2.45, 2.75) is 70.9 Å². The number of sulfonamides is 1. The van der Waals surface area contributed by atoms with E-state index in [0.29, 0.717) is 18.0 Å². The normalized spacial score (nSPS) is 12.1. The average molecular weight is 594 g/mol. The zero-order valence-corrected chi connectivity index (χ0v) is 26.3. The van der Waals surface area contributed by atoms with Crippen LogP contribution in [0.25, 0.3) is 0 Å². The van der Waals surface area contributed by atoms with Crippen molar-refractivity contribution in [1.82, 2.24) is 10.2 Å². The quantitative estimate of drug-likeness (QED) is 0.244. The molecule has 42 heavy (non-hydrogen) atoms. The van der Waals surface area contributed by atoms with E-state index in [2.05, 4.69) is 19.2 Å². The number of hydrogen-bond acceptors (Lipinski definition) is 5. The zero-order valence-electron chi connectivity index (χ0n) is 25.5. The number of carbonyl (C=O) groups is 2. The van der Waals surface area contributed by atoms with Crippen molar-refractivity contribution in [1.29, 1.82) is 0 Å². The van der Waals surface area contributed by atoms with Crippen LogP contribution in [0, 0.1) is 6.92 Å². The highest BCUT2D eigenvalue weighted by atomic mass is 32.2. The molecule has 0 radical (unpaired) electrons. The van der Waals surface area contributed by atoms with Gasteiger partial charge >= 0.3 is 0 Å². The van der Waals surface area contributed by atoms with E-state index in [1.54, 1.807) is 62.6 Å². The summed E-state index contributed by atoms with van der Waals surface area (Å²) in [6, 6.07) is 20.1. The van der Waals surface area contributed by atoms with Gasteiger partial charge in [-0.15, -0.1) is 0 Å². The molecule has 1 N–H and O–H groups in total. The number of carbonyl (C=O) groups excluding carboxylic acids is 2. The van der Waals surface area contributed by atoms with Gasteiger partial charge in [0.15, 0.2) is 0 Å². The Balaban J connectivity index is 2.01. The van der Waals surface area contributed by atoms with Crippen LogP contribution in [0.3, 0.4) is 0 Å². The number of hydrogen-bond donors (Lipinski definition) is 1. The summed E-state index contributed by atoms with van der Waals surface area (Å²) in [6.07, 6.45) is 1.74. The Morgan fingerprint density at radius 2 is 1.52 bits per heavy atom. The maximum atomic E-state index is 14.1. The molecule has 3 aromatic carbocycles. The van der Waals surface area contributed by atoms with E-state index >= 15 is 0 Å². The van der Waals surface area contributed by atoms with E-state index in [4.69, 9.17) is 4.74 Å². The van der Waals surface area contributed by atoms with Crippen LogP contribution in [-0.2, 0) is 26.2 Å². The number of anilines is 1. The first-order valence-corrected chi connectivity index (χ1v) is 15.8. The van der Waals surface area contributed by atoms with Crippen molar-refractivity contribution in [3.63, 3.8) is 0 Å². The highest BCUT2D eigenvalue weighted by Crippen LogP contribution is 2.27. The fourth-order valence-electron chi connectivity index (χ4n) is 4.44. The Kier molecular flexibility index (Phi) is 11.6. The Morgan fingerprint density at radius 1 is 0.905 bits per heavy atom. The molecule has 0 bridgehead atoms. The lowest BCUT2D eigenvalue weighted by atomic mass is 10.0. The van der Waals surface area contributed by atoms with Crippen molar-refractivity contribution >= 4 is 27.5 Å². The lowest BCUT2D eigenvalue weighted by Crippen LogP contribution is -2.51. The Hall–Kier alpha value is -3.85. The van der Waals surface area contributed by atoms with Gasteiger partial charge < -0.3 is 15.0 Å². The summed E-state index contributed by atoms with van der Waals surface area (Å²) in [5, 5.41) is 2.90. The van der Waals surface area contributed by atoms with E-state index in [1.807, 2.05) is 38.1 Å². The summed E-state index contributed by atoms with van der Waals surface area (Å²) < 4.78 is 34.4. The molecule has 0 fully saturated rings. The van der Waals surface area contributed by atoms with Crippen LogP contribution in [0.4, 0.5) is 5.69 Å². The molecule has 0 aliphatic carbocycles. The van der Waals surface area contributed by atoms with Crippen LogP contribution in [-0.4, -0.2) is 51.4 Å². The zero-order chi connectivity index (χ0) is 30.9. The van der Waals surface area contributed by atoms with Crippen molar-refractivity contribution in [2.24, 2.45) is 0 Å². The van der Waals surface area contributed by atoms with Gasteiger partial charge in [-0.2, -0.15) is 0 Å². The Labute approximate surface area is 250 Å². The third-order valence-corrected chi connectivity index (χ3v) is 9.03. The molecule has 0 unspecified atom stereocenters. The number of benzene rings is 3. The molecule has 0 aromatic heterocycles. The summed E-state index contributed by atoms with van der Waals surface area (Å²) in [7, 11) is -2.54. The molecule has 0 spiro atoms. The van der Waals surface area contributed by atoms with Gasteiger partial charge in [-0.25, -0.2) is 8.42 Å². The largest absolute Gasteiger partial charge is 0.497 e.